The molecule has 3 rings (SSSR count). The van der Waals surface area contributed by atoms with Gasteiger partial charge in [0.05, 0.1) is 21.7 Å². The van der Waals surface area contributed by atoms with Gasteiger partial charge in [0.2, 0.25) is 5.43 Å². The molecule has 0 aliphatic carbocycles. The minimum Gasteiger partial charge on any atom is -0.484 e. The van der Waals surface area contributed by atoms with Crippen LogP contribution in [0, 0.1) is 12.8 Å². The summed E-state index contributed by atoms with van der Waals surface area (Å²) < 4.78 is 11.0. The Morgan fingerprint density at radius 1 is 1.34 bits per heavy atom. The Labute approximate surface area is 170 Å². The number of aromatic nitrogens is 1. The molecule has 1 atom stereocenters. The van der Waals surface area contributed by atoms with Crippen molar-refractivity contribution in [2.75, 3.05) is 6.61 Å². The number of aryl methyl sites for hydroxylation is 1. The lowest BCUT2D eigenvalue weighted by atomic mass is 10.1. The molecule has 0 saturated carbocycles. The summed E-state index contributed by atoms with van der Waals surface area (Å²) in [5, 5.41) is 14.6. The summed E-state index contributed by atoms with van der Waals surface area (Å²) in [5.41, 5.74) is 1.05. The number of carboxylic acids is 1. The molecule has 0 fully saturated rings. The molecule has 0 aliphatic heterocycles. The van der Waals surface area contributed by atoms with Gasteiger partial charge in [-0.05, 0) is 25.0 Å². The van der Waals surface area contributed by atoms with Gasteiger partial charge in [0.1, 0.15) is 23.6 Å². The zero-order valence-electron chi connectivity index (χ0n) is 16.1. The van der Waals surface area contributed by atoms with Crippen LogP contribution in [-0.2, 0) is 9.59 Å². The molecule has 152 valence electrons. The van der Waals surface area contributed by atoms with E-state index in [2.05, 4.69) is 10.3 Å². The highest BCUT2D eigenvalue weighted by molar-refractivity contribution is 7.09. The van der Waals surface area contributed by atoms with E-state index in [9.17, 15) is 14.4 Å². The van der Waals surface area contributed by atoms with Crippen LogP contribution in [0.4, 0.5) is 0 Å². The number of benzene rings is 1. The van der Waals surface area contributed by atoms with Gasteiger partial charge in [0.15, 0.2) is 6.61 Å². The van der Waals surface area contributed by atoms with E-state index in [1.807, 2.05) is 6.92 Å². The van der Waals surface area contributed by atoms with Crippen molar-refractivity contribution in [1.82, 2.24) is 10.3 Å². The Bertz CT molecular complexity index is 1120. The van der Waals surface area contributed by atoms with Gasteiger partial charge in [0.25, 0.3) is 5.91 Å². The Hall–Kier alpha value is -3.20. The second-order valence-corrected chi connectivity index (χ2v) is 7.87. The fraction of sp³-hybridized carbons (Fsp3) is 0.300. The lowest BCUT2D eigenvalue weighted by molar-refractivity contribution is -0.143. The van der Waals surface area contributed by atoms with Crippen molar-refractivity contribution in [3.8, 4) is 17.0 Å². The topological polar surface area (TPSA) is 119 Å². The van der Waals surface area contributed by atoms with E-state index in [4.69, 9.17) is 14.3 Å². The van der Waals surface area contributed by atoms with Crippen molar-refractivity contribution in [1.29, 1.82) is 0 Å². The molecular formula is C20H20N2O6S. The Morgan fingerprint density at radius 3 is 2.72 bits per heavy atom. The largest absolute Gasteiger partial charge is 0.484 e. The third-order valence-corrected chi connectivity index (χ3v) is 5.03. The number of ether oxygens (including phenoxy) is 1. The smallest absolute Gasteiger partial charge is 0.326 e. The number of fused-ring (bicyclic) bond motifs is 1. The van der Waals surface area contributed by atoms with Crippen molar-refractivity contribution in [2.24, 2.45) is 5.92 Å². The number of hydrogen-bond donors (Lipinski definition) is 2. The monoisotopic (exact) mass is 416 g/mol. The van der Waals surface area contributed by atoms with Crippen molar-refractivity contribution >= 4 is 34.2 Å². The van der Waals surface area contributed by atoms with Crippen LogP contribution in [0.3, 0.4) is 0 Å². The lowest BCUT2D eigenvalue weighted by Crippen LogP contribution is -2.46. The number of nitrogens with zero attached hydrogens (tertiary/aromatic N) is 1. The molecule has 2 N–H and O–H groups in total. The lowest BCUT2D eigenvalue weighted by Gasteiger charge is -2.18. The zero-order chi connectivity index (χ0) is 21.1. The number of aliphatic carboxylic acids is 1. The van der Waals surface area contributed by atoms with Crippen LogP contribution < -0.4 is 15.5 Å². The molecule has 1 amide bonds. The molecule has 3 aromatic rings. The summed E-state index contributed by atoms with van der Waals surface area (Å²) in [4.78, 5) is 40.2. The average Bonchev–Trinajstić information content (AvgIpc) is 3.10. The Balaban J connectivity index is 1.74. The molecule has 8 nitrogen and oxygen atoms in total. The Morgan fingerprint density at radius 2 is 2.10 bits per heavy atom. The molecule has 2 heterocycles. The number of carbonyl (C=O) groups excluding carboxylic acids is 1. The second-order valence-electron chi connectivity index (χ2n) is 6.80. The van der Waals surface area contributed by atoms with Gasteiger partial charge >= 0.3 is 5.97 Å². The van der Waals surface area contributed by atoms with Crippen LogP contribution in [0.5, 0.6) is 5.75 Å². The summed E-state index contributed by atoms with van der Waals surface area (Å²) in [6, 6.07) is 3.64. The van der Waals surface area contributed by atoms with Crippen LogP contribution >= 0.6 is 11.3 Å². The highest BCUT2D eigenvalue weighted by Gasteiger charge is 2.23. The number of carboxylic acid groups (broad SMARTS) is 1. The molecule has 2 aromatic heterocycles. The first-order valence-corrected chi connectivity index (χ1v) is 9.77. The summed E-state index contributed by atoms with van der Waals surface area (Å²) >= 11 is 1.45. The Kier molecular flexibility index (Phi) is 5.97. The van der Waals surface area contributed by atoms with E-state index in [1.54, 1.807) is 31.4 Å². The molecule has 0 spiro atoms. The SMILES string of the molecule is Cc1nc(-c2coc3cc(OCC(=O)N[C@@H](C(=O)O)C(C)C)ccc3c2=O)cs1. The van der Waals surface area contributed by atoms with Crippen LogP contribution in [-0.4, -0.2) is 34.6 Å². The quantitative estimate of drug-likeness (QED) is 0.608. The first-order valence-electron chi connectivity index (χ1n) is 8.89. The van der Waals surface area contributed by atoms with Crippen LogP contribution in [0.1, 0.15) is 18.9 Å². The van der Waals surface area contributed by atoms with E-state index >= 15 is 0 Å². The van der Waals surface area contributed by atoms with Crippen molar-refractivity contribution < 1.29 is 23.8 Å². The summed E-state index contributed by atoms with van der Waals surface area (Å²) in [6.45, 7) is 4.90. The van der Waals surface area contributed by atoms with Gasteiger partial charge < -0.3 is 19.6 Å². The third kappa shape index (κ3) is 4.62. The number of nitrogens with one attached hydrogen (secondary N) is 1. The molecule has 0 unspecified atom stereocenters. The standard InChI is InChI=1S/C20H20N2O6S/c1-10(2)18(20(25)26)22-17(23)8-27-12-4-5-13-16(6-12)28-7-14(19(13)24)15-9-29-11(3)21-15/h4-7,9-10,18H,8H2,1-3H3,(H,22,23)(H,25,26)/t18-/m1/s1. The molecule has 0 saturated heterocycles. The van der Waals surface area contributed by atoms with E-state index in [1.165, 1.54) is 23.7 Å². The summed E-state index contributed by atoms with van der Waals surface area (Å²) in [7, 11) is 0. The molecule has 0 radical (unpaired) electrons. The average molecular weight is 416 g/mol. The van der Waals surface area contributed by atoms with Gasteiger partial charge in [-0.1, -0.05) is 13.8 Å². The maximum atomic E-state index is 12.7. The van der Waals surface area contributed by atoms with Crippen molar-refractivity contribution in [3.05, 3.63) is 45.1 Å². The van der Waals surface area contributed by atoms with Gasteiger partial charge in [-0.2, -0.15) is 0 Å². The number of hydrogen-bond acceptors (Lipinski definition) is 7. The number of carbonyl (C=O) groups is 2. The number of amides is 1. The van der Waals surface area contributed by atoms with Gasteiger partial charge in [-0.25, -0.2) is 9.78 Å². The summed E-state index contributed by atoms with van der Waals surface area (Å²) in [6.07, 6.45) is 1.36. The molecule has 9 heteroatoms. The van der Waals surface area contributed by atoms with Gasteiger partial charge in [0, 0.05) is 11.4 Å². The molecule has 29 heavy (non-hydrogen) atoms. The first kappa shape index (κ1) is 20.5. The normalized spacial score (nSPS) is 12.1. The van der Waals surface area contributed by atoms with Crippen LogP contribution in [0.25, 0.3) is 22.2 Å². The molecular weight excluding hydrogens is 396 g/mol. The van der Waals surface area contributed by atoms with Crippen molar-refractivity contribution in [3.63, 3.8) is 0 Å². The fourth-order valence-electron chi connectivity index (χ4n) is 2.74. The molecule has 0 bridgehead atoms. The van der Waals surface area contributed by atoms with E-state index < -0.39 is 17.9 Å². The maximum Gasteiger partial charge on any atom is 0.326 e. The van der Waals surface area contributed by atoms with E-state index in [-0.39, 0.29) is 18.0 Å². The van der Waals surface area contributed by atoms with Gasteiger partial charge in [-0.15, -0.1) is 11.3 Å². The fourth-order valence-corrected chi connectivity index (χ4v) is 3.35. The van der Waals surface area contributed by atoms with E-state index in [0.717, 1.165) is 5.01 Å². The predicted octanol–water partition coefficient (Wildman–Crippen LogP) is 2.83. The van der Waals surface area contributed by atoms with Crippen molar-refractivity contribution in [2.45, 2.75) is 26.8 Å². The summed E-state index contributed by atoms with van der Waals surface area (Å²) in [5.74, 6) is -1.60. The van der Waals surface area contributed by atoms with Crippen LogP contribution in [0.15, 0.2) is 39.1 Å². The van der Waals surface area contributed by atoms with E-state index in [0.29, 0.717) is 28.0 Å². The third-order valence-electron chi connectivity index (χ3n) is 4.26. The highest BCUT2D eigenvalue weighted by Crippen LogP contribution is 2.24. The second kappa shape index (κ2) is 8.44. The van der Waals surface area contributed by atoms with Gasteiger partial charge in [-0.3, -0.25) is 9.59 Å². The molecule has 1 aromatic carbocycles. The zero-order valence-corrected chi connectivity index (χ0v) is 16.9. The molecule has 0 aliphatic rings. The van der Waals surface area contributed by atoms with Crippen LogP contribution in [0.2, 0.25) is 0 Å². The highest BCUT2D eigenvalue weighted by atomic mass is 32.1. The number of rotatable bonds is 7. The minimum absolute atomic E-state index is 0.206. The predicted molar refractivity (Wildman–Crippen MR) is 108 cm³/mol. The number of thiazole rings is 1. The maximum absolute atomic E-state index is 12.7. The first-order chi connectivity index (χ1) is 13.8. The minimum atomic E-state index is -1.10.